The molecule has 0 unspecified atom stereocenters. The van der Waals surface area contributed by atoms with Crippen molar-refractivity contribution in [3.63, 3.8) is 0 Å². The van der Waals surface area contributed by atoms with Crippen LogP contribution in [0.4, 0.5) is 17.1 Å². The van der Waals surface area contributed by atoms with Crippen LogP contribution in [-0.2, 0) is 0 Å². The summed E-state index contributed by atoms with van der Waals surface area (Å²) in [6.45, 7) is 0. The number of anilines is 3. The monoisotopic (exact) mass is 655 g/mol. The van der Waals surface area contributed by atoms with Crippen molar-refractivity contribution in [1.29, 1.82) is 0 Å². The average Bonchev–Trinajstić information content (AvgIpc) is 3.73. The summed E-state index contributed by atoms with van der Waals surface area (Å²) < 4.78 is 168. The molecule has 10 aromatic rings. The maximum Gasteiger partial charge on any atom is 0.143 e. The van der Waals surface area contributed by atoms with Gasteiger partial charge < -0.3 is 9.32 Å². The van der Waals surface area contributed by atoms with Gasteiger partial charge >= 0.3 is 0 Å². The molecule has 0 radical (unpaired) electrons. The summed E-state index contributed by atoms with van der Waals surface area (Å²) in [5.41, 5.74) is -0.134. The molecular weight excluding hydrogens is 607 g/mol. The van der Waals surface area contributed by atoms with E-state index in [4.69, 9.17) is 18.1 Å². The summed E-state index contributed by atoms with van der Waals surface area (Å²) >= 11 is 0. The summed E-state index contributed by atoms with van der Waals surface area (Å²) in [6.07, 6.45) is 0. The van der Waals surface area contributed by atoms with E-state index in [2.05, 4.69) is 0 Å². The van der Waals surface area contributed by atoms with Crippen molar-refractivity contribution in [3.8, 4) is 22.3 Å². The molecule has 0 aliphatic heterocycles. The van der Waals surface area contributed by atoms with Crippen LogP contribution in [0.3, 0.4) is 0 Å². The van der Waals surface area contributed by atoms with Crippen molar-refractivity contribution >= 4 is 71.3 Å². The molecule has 0 saturated carbocycles. The molecule has 50 heavy (non-hydrogen) atoms. The number of benzene rings is 9. The van der Waals surface area contributed by atoms with Crippen LogP contribution in [0.25, 0.3) is 76.5 Å². The number of fused-ring (bicyclic) bond motifs is 8. The van der Waals surface area contributed by atoms with E-state index in [1.807, 2.05) is 60.7 Å². The summed E-state index contributed by atoms with van der Waals surface area (Å²) in [6, 6.07) is 9.92. The summed E-state index contributed by atoms with van der Waals surface area (Å²) in [5.74, 6) is 0. The quantitative estimate of drug-likeness (QED) is 0.172. The Hall–Kier alpha value is -6.64. The predicted molar refractivity (Wildman–Crippen MR) is 212 cm³/mol. The second kappa shape index (κ2) is 11.5. The minimum atomic E-state index is -0.854. The van der Waals surface area contributed by atoms with Gasteiger partial charge in [0.05, 0.1) is 35.7 Å². The number of nitrogens with zero attached hydrogens (tertiary/aromatic N) is 1. The van der Waals surface area contributed by atoms with Crippen LogP contribution < -0.4 is 4.90 Å². The first-order chi connectivity index (χ1) is 32.3. The van der Waals surface area contributed by atoms with Gasteiger partial charge in [-0.25, -0.2) is 0 Å². The maximum atomic E-state index is 9.89. The Labute approximate surface area is 315 Å². The van der Waals surface area contributed by atoms with Crippen LogP contribution >= 0.6 is 0 Å². The zero-order valence-corrected chi connectivity index (χ0v) is 25.9. The minimum Gasteiger partial charge on any atom is -0.455 e. The van der Waals surface area contributed by atoms with Gasteiger partial charge in [0.25, 0.3) is 0 Å². The Bertz CT molecular complexity index is 3850. The topological polar surface area (TPSA) is 16.4 Å². The molecule has 2 nitrogen and oxygen atoms in total. The molecule has 0 aliphatic rings. The van der Waals surface area contributed by atoms with Gasteiger partial charge in [0.1, 0.15) is 11.2 Å². The lowest BCUT2D eigenvalue weighted by Gasteiger charge is -2.27. The van der Waals surface area contributed by atoms with E-state index in [9.17, 15) is 11.0 Å². The summed E-state index contributed by atoms with van der Waals surface area (Å²) in [7, 11) is 0. The summed E-state index contributed by atoms with van der Waals surface area (Å²) in [5, 5.41) is 0.672. The Balaban J connectivity index is 1.40. The fraction of sp³-hybridized carbons (Fsp3) is 0. The first-order valence-electron chi connectivity index (χ1n) is 24.6. The lowest BCUT2D eigenvalue weighted by molar-refractivity contribution is 0.672. The van der Waals surface area contributed by atoms with Crippen molar-refractivity contribution in [2.24, 2.45) is 0 Å². The molecule has 1 heterocycles. The smallest absolute Gasteiger partial charge is 0.143 e. The van der Waals surface area contributed by atoms with Crippen LogP contribution in [-0.4, -0.2) is 0 Å². The van der Waals surface area contributed by atoms with Crippen molar-refractivity contribution in [2.45, 2.75) is 0 Å². The van der Waals surface area contributed by atoms with Gasteiger partial charge in [-0.05, 0) is 91.6 Å². The molecule has 0 aliphatic carbocycles. The largest absolute Gasteiger partial charge is 0.455 e. The van der Waals surface area contributed by atoms with Crippen LogP contribution in [0.15, 0.2) is 192 Å². The Morgan fingerprint density at radius 2 is 1.16 bits per heavy atom. The highest BCUT2D eigenvalue weighted by atomic mass is 16.3. The van der Waals surface area contributed by atoms with Crippen LogP contribution in [0, 0.1) is 0 Å². The van der Waals surface area contributed by atoms with E-state index >= 15 is 0 Å². The van der Waals surface area contributed by atoms with Crippen molar-refractivity contribution in [2.75, 3.05) is 4.90 Å². The molecule has 0 atom stereocenters. The van der Waals surface area contributed by atoms with Crippen LogP contribution in [0.1, 0.15) is 24.7 Å². The fourth-order valence-corrected chi connectivity index (χ4v) is 6.45. The lowest BCUT2D eigenvalue weighted by atomic mass is 9.95. The second-order valence-corrected chi connectivity index (χ2v) is 11.5. The minimum absolute atomic E-state index is 0.00739. The van der Waals surface area contributed by atoms with Gasteiger partial charge in [0.2, 0.25) is 0 Å². The third-order valence-electron chi connectivity index (χ3n) is 8.66. The number of hydrogen-bond acceptors (Lipinski definition) is 2. The average molecular weight is 656 g/mol. The maximum absolute atomic E-state index is 9.89. The summed E-state index contributed by atoms with van der Waals surface area (Å²) in [4.78, 5) is 1.07. The molecule has 0 N–H and O–H groups in total. The van der Waals surface area contributed by atoms with Crippen molar-refractivity contribution in [3.05, 3.63) is 188 Å². The molecule has 0 amide bonds. The van der Waals surface area contributed by atoms with Gasteiger partial charge in [-0.2, -0.15) is 0 Å². The van der Waals surface area contributed by atoms with Gasteiger partial charge in [-0.3, -0.25) is 0 Å². The van der Waals surface area contributed by atoms with E-state index in [-0.39, 0.29) is 16.7 Å². The van der Waals surface area contributed by atoms with Gasteiger partial charge in [0, 0.05) is 22.1 Å². The van der Waals surface area contributed by atoms with E-state index < -0.39 is 147 Å². The second-order valence-electron chi connectivity index (χ2n) is 11.5. The van der Waals surface area contributed by atoms with Crippen molar-refractivity contribution in [1.82, 2.24) is 0 Å². The predicted octanol–water partition coefficient (Wildman–Crippen LogP) is 13.8. The number of furan rings is 1. The molecule has 0 bridgehead atoms. The number of hydrogen-bond donors (Lipinski definition) is 0. The Kier molecular flexibility index (Phi) is 3.62. The molecular formula is C48H31NO. The Morgan fingerprint density at radius 3 is 2.02 bits per heavy atom. The highest BCUT2D eigenvalue weighted by Crippen LogP contribution is 2.47. The number of rotatable bonds is 5. The van der Waals surface area contributed by atoms with E-state index in [1.165, 1.54) is 6.07 Å². The molecule has 1 aromatic heterocycles. The first-order valence-corrected chi connectivity index (χ1v) is 15.6. The molecule has 0 fully saturated rings. The van der Waals surface area contributed by atoms with Crippen LogP contribution in [0.5, 0.6) is 0 Å². The molecule has 0 spiro atoms. The SMILES string of the molecule is [2H]c1c([2H])c([2H])c(-c2c([2H])c([2H])c(N(c3c([2H])c([2H])c4c(c3[2H])c([2H])c([2H])c3c([2H])c([2H])c([2H])c([2H])c34)c3cccc4oc5c6ccccc6c(-c6ccccc6)cc5c34)c([2H])c2[2H])c([2H])c1[2H]. The molecule has 9 aromatic carbocycles. The highest BCUT2D eigenvalue weighted by molar-refractivity contribution is 6.22. The molecule has 10 rings (SSSR count). The molecule has 2 heteroatoms. The van der Waals surface area contributed by atoms with E-state index in [0.29, 0.717) is 21.7 Å². The van der Waals surface area contributed by atoms with Crippen molar-refractivity contribution < 1.29 is 29.1 Å². The van der Waals surface area contributed by atoms with E-state index in [1.54, 1.807) is 12.1 Å². The van der Waals surface area contributed by atoms with Gasteiger partial charge in [-0.1, -0.05) is 145 Å². The lowest BCUT2D eigenvalue weighted by Crippen LogP contribution is -2.10. The zero-order valence-electron chi connectivity index (χ0n) is 43.9. The fourth-order valence-electron chi connectivity index (χ4n) is 6.45. The third-order valence-corrected chi connectivity index (χ3v) is 8.66. The standard InChI is InChI=1S/C48H31NO/c1-3-12-32(13-4-1)33-24-26-37(27-25-33)49(38-28-29-40-36(30-38)23-22-35-16-7-8-17-39(35)40)45-20-11-21-46-47(45)44-31-43(34-14-5-2-6-15-34)41-18-9-10-19-42(41)48(44)50-46/h1-31H/i1D,3D,4D,7D,8D,12D,13D,16D,17D,22D,23D,24D,25D,26D,27D,28D,29D,30D. The van der Waals surface area contributed by atoms with E-state index in [0.717, 1.165) is 21.4 Å². The molecule has 0 saturated heterocycles. The van der Waals surface area contributed by atoms with Crippen LogP contribution in [0.2, 0.25) is 0 Å². The Morgan fingerprint density at radius 1 is 0.460 bits per heavy atom. The zero-order chi connectivity index (χ0) is 48.7. The normalized spacial score (nSPS) is 16.6. The van der Waals surface area contributed by atoms with Gasteiger partial charge in [-0.15, -0.1) is 0 Å². The highest BCUT2D eigenvalue weighted by Gasteiger charge is 2.22. The molecule has 234 valence electrons. The van der Waals surface area contributed by atoms with Gasteiger partial charge in [0.15, 0.2) is 0 Å². The third kappa shape index (κ3) is 4.57. The first kappa shape index (κ1) is 15.7.